The first-order chi connectivity index (χ1) is 11.5. The maximum Gasteiger partial charge on any atom is 0.304 e. The lowest BCUT2D eigenvalue weighted by molar-refractivity contribution is -0.384. The number of hydrogen-bond acceptors (Lipinski definition) is 3. The van der Waals surface area contributed by atoms with E-state index >= 15 is 0 Å². The van der Waals surface area contributed by atoms with Gasteiger partial charge in [-0.3, -0.25) is 14.9 Å². The first kappa shape index (κ1) is 16.0. The quantitative estimate of drug-likeness (QED) is 0.531. The molecule has 0 saturated heterocycles. The summed E-state index contributed by atoms with van der Waals surface area (Å²) in [5.74, 6) is -1.50. The molecule has 0 unspecified atom stereocenters. The minimum atomic E-state index is -0.983. The predicted octanol–water partition coefficient (Wildman–Crippen LogP) is 4.34. The fourth-order valence-electron chi connectivity index (χ4n) is 2.84. The summed E-state index contributed by atoms with van der Waals surface area (Å²) in [5, 5.41) is 21.6. The van der Waals surface area contributed by atoms with Gasteiger partial charge >= 0.3 is 5.97 Å². The van der Waals surface area contributed by atoms with Gasteiger partial charge in [0.25, 0.3) is 5.69 Å². The van der Waals surface area contributed by atoms with Crippen molar-refractivity contribution in [2.24, 2.45) is 0 Å². The van der Waals surface area contributed by atoms with Gasteiger partial charge in [-0.05, 0) is 29.3 Å². The molecular formula is C17H13ClN2O4. The summed E-state index contributed by atoms with van der Waals surface area (Å²) in [6.07, 6.45) is 1.55. The van der Waals surface area contributed by atoms with Crippen LogP contribution in [0.3, 0.4) is 0 Å². The standard InChI is InChI=1S/C17H13ClN2O4/c18-11-4-5-16-14(7-11)15(9-19-16)13(8-17(21)22)10-2-1-3-12(6-10)20(23)24/h1-7,9,13,19H,8H2,(H,21,22)/t13-/m0/s1. The van der Waals surface area contributed by atoms with Crippen LogP contribution in [0.25, 0.3) is 10.9 Å². The summed E-state index contributed by atoms with van der Waals surface area (Å²) in [4.78, 5) is 24.9. The Labute approximate surface area is 141 Å². The predicted molar refractivity (Wildman–Crippen MR) is 90.5 cm³/mol. The number of halogens is 1. The van der Waals surface area contributed by atoms with E-state index in [-0.39, 0.29) is 12.1 Å². The van der Waals surface area contributed by atoms with E-state index < -0.39 is 16.8 Å². The third kappa shape index (κ3) is 3.09. The highest BCUT2D eigenvalue weighted by Gasteiger charge is 2.23. The van der Waals surface area contributed by atoms with Crippen molar-refractivity contribution in [3.63, 3.8) is 0 Å². The second-order valence-electron chi connectivity index (χ2n) is 5.44. The second kappa shape index (κ2) is 6.33. The number of nitrogens with one attached hydrogen (secondary N) is 1. The van der Waals surface area contributed by atoms with Crippen LogP contribution in [0.2, 0.25) is 5.02 Å². The number of rotatable bonds is 5. The minimum absolute atomic E-state index is 0.0687. The van der Waals surface area contributed by atoms with Crippen LogP contribution >= 0.6 is 11.6 Å². The Morgan fingerprint density at radius 1 is 1.29 bits per heavy atom. The van der Waals surface area contributed by atoms with E-state index in [0.29, 0.717) is 10.6 Å². The van der Waals surface area contributed by atoms with Crippen LogP contribution in [-0.2, 0) is 4.79 Å². The lowest BCUT2D eigenvalue weighted by Crippen LogP contribution is -2.08. The number of aromatic nitrogens is 1. The molecule has 7 heteroatoms. The number of benzene rings is 2. The topological polar surface area (TPSA) is 96.2 Å². The average Bonchev–Trinajstić information content (AvgIpc) is 2.95. The van der Waals surface area contributed by atoms with E-state index in [1.165, 1.54) is 12.1 Å². The van der Waals surface area contributed by atoms with Gasteiger partial charge in [0.1, 0.15) is 0 Å². The Hall–Kier alpha value is -2.86. The number of fused-ring (bicyclic) bond motifs is 1. The van der Waals surface area contributed by atoms with Gasteiger partial charge in [-0.2, -0.15) is 0 Å². The normalized spacial score (nSPS) is 12.2. The van der Waals surface area contributed by atoms with Gasteiger partial charge in [0, 0.05) is 40.2 Å². The zero-order chi connectivity index (χ0) is 17.3. The van der Waals surface area contributed by atoms with Crippen LogP contribution in [-0.4, -0.2) is 21.0 Å². The van der Waals surface area contributed by atoms with Gasteiger partial charge in [-0.15, -0.1) is 0 Å². The molecule has 122 valence electrons. The van der Waals surface area contributed by atoms with E-state index in [1.54, 1.807) is 30.5 Å². The van der Waals surface area contributed by atoms with Crippen molar-refractivity contribution in [3.8, 4) is 0 Å². The Morgan fingerprint density at radius 2 is 2.08 bits per heavy atom. The second-order valence-corrected chi connectivity index (χ2v) is 5.87. The lowest BCUT2D eigenvalue weighted by Gasteiger charge is -2.15. The largest absolute Gasteiger partial charge is 0.481 e. The summed E-state index contributed by atoms with van der Waals surface area (Å²) >= 11 is 6.05. The molecule has 0 fully saturated rings. The highest BCUT2D eigenvalue weighted by molar-refractivity contribution is 6.31. The molecule has 0 aliphatic rings. The third-order valence-electron chi connectivity index (χ3n) is 3.91. The molecule has 24 heavy (non-hydrogen) atoms. The van der Waals surface area contributed by atoms with E-state index in [2.05, 4.69) is 4.98 Å². The Balaban J connectivity index is 2.15. The number of carbonyl (C=O) groups is 1. The number of hydrogen-bond donors (Lipinski definition) is 2. The van der Waals surface area contributed by atoms with Gasteiger partial charge < -0.3 is 10.1 Å². The number of aromatic amines is 1. The number of H-pyrrole nitrogens is 1. The van der Waals surface area contributed by atoms with Crippen LogP contribution in [0, 0.1) is 10.1 Å². The zero-order valence-electron chi connectivity index (χ0n) is 12.4. The van der Waals surface area contributed by atoms with Gasteiger partial charge in [-0.1, -0.05) is 23.7 Å². The van der Waals surface area contributed by atoms with Crippen LogP contribution in [0.15, 0.2) is 48.7 Å². The molecule has 3 aromatic rings. The fraction of sp³-hybridized carbons (Fsp3) is 0.118. The fourth-order valence-corrected chi connectivity index (χ4v) is 3.01. The first-order valence-corrected chi connectivity index (χ1v) is 7.56. The number of nitrogens with zero attached hydrogens (tertiary/aromatic N) is 1. The van der Waals surface area contributed by atoms with E-state index in [4.69, 9.17) is 11.6 Å². The van der Waals surface area contributed by atoms with Crippen molar-refractivity contribution < 1.29 is 14.8 Å². The zero-order valence-corrected chi connectivity index (χ0v) is 13.2. The number of carboxylic acids is 1. The maximum absolute atomic E-state index is 11.3. The lowest BCUT2D eigenvalue weighted by atomic mass is 9.88. The molecule has 0 aliphatic heterocycles. The number of nitro benzene ring substituents is 1. The monoisotopic (exact) mass is 344 g/mol. The Kier molecular flexibility index (Phi) is 4.22. The molecule has 0 saturated carbocycles. The molecule has 2 N–H and O–H groups in total. The van der Waals surface area contributed by atoms with Crippen molar-refractivity contribution in [1.29, 1.82) is 0 Å². The highest BCUT2D eigenvalue weighted by Crippen LogP contribution is 2.35. The maximum atomic E-state index is 11.3. The first-order valence-electron chi connectivity index (χ1n) is 7.18. The summed E-state index contributed by atoms with van der Waals surface area (Å²) in [5.41, 5.74) is 2.08. The van der Waals surface area contributed by atoms with Crippen LogP contribution in [0.4, 0.5) is 5.69 Å². The number of non-ortho nitro benzene ring substituents is 1. The van der Waals surface area contributed by atoms with Crippen LogP contribution in [0.1, 0.15) is 23.5 Å². The van der Waals surface area contributed by atoms with Gasteiger partial charge in [0.2, 0.25) is 0 Å². The molecule has 0 radical (unpaired) electrons. The Bertz CT molecular complexity index is 935. The molecule has 0 spiro atoms. The third-order valence-corrected chi connectivity index (χ3v) is 4.15. The number of nitro groups is 1. The number of aliphatic carboxylic acids is 1. The van der Waals surface area contributed by atoms with E-state index in [0.717, 1.165) is 16.5 Å². The van der Waals surface area contributed by atoms with Gasteiger partial charge in [0.05, 0.1) is 11.3 Å². The van der Waals surface area contributed by atoms with Crippen molar-refractivity contribution in [3.05, 3.63) is 74.9 Å². The molecule has 1 heterocycles. The van der Waals surface area contributed by atoms with Gasteiger partial charge in [0.15, 0.2) is 0 Å². The van der Waals surface area contributed by atoms with Crippen molar-refractivity contribution in [2.75, 3.05) is 0 Å². The average molecular weight is 345 g/mol. The van der Waals surface area contributed by atoms with Crippen molar-refractivity contribution in [1.82, 2.24) is 4.98 Å². The summed E-state index contributed by atoms with van der Waals surface area (Å²) in [7, 11) is 0. The summed E-state index contributed by atoms with van der Waals surface area (Å²) in [6.45, 7) is 0. The van der Waals surface area contributed by atoms with Crippen molar-refractivity contribution >= 4 is 34.2 Å². The molecule has 0 amide bonds. The van der Waals surface area contributed by atoms with E-state index in [1.807, 2.05) is 6.07 Å². The Morgan fingerprint density at radius 3 is 2.79 bits per heavy atom. The molecule has 1 atom stereocenters. The number of carboxylic acid groups (broad SMARTS) is 1. The van der Waals surface area contributed by atoms with Crippen LogP contribution in [0.5, 0.6) is 0 Å². The molecule has 2 aromatic carbocycles. The highest BCUT2D eigenvalue weighted by atomic mass is 35.5. The minimum Gasteiger partial charge on any atom is -0.481 e. The summed E-state index contributed by atoms with van der Waals surface area (Å²) in [6, 6.07) is 11.4. The van der Waals surface area contributed by atoms with Crippen molar-refractivity contribution in [2.45, 2.75) is 12.3 Å². The SMILES string of the molecule is O=C(O)C[C@@H](c1cccc([N+](=O)[O-])c1)c1c[nH]c2ccc(Cl)cc12. The molecule has 3 rings (SSSR count). The molecule has 0 bridgehead atoms. The smallest absolute Gasteiger partial charge is 0.304 e. The van der Waals surface area contributed by atoms with Crippen LogP contribution < -0.4 is 0 Å². The molecule has 6 nitrogen and oxygen atoms in total. The molecular weight excluding hydrogens is 332 g/mol. The molecule has 1 aromatic heterocycles. The van der Waals surface area contributed by atoms with E-state index in [9.17, 15) is 20.0 Å². The van der Waals surface area contributed by atoms with Gasteiger partial charge in [-0.25, -0.2) is 0 Å². The summed E-state index contributed by atoms with van der Waals surface area (Å²) < 4.78 is 0. The molecule has 0 aliphatic carbocycles.